The van der Waals surface area contributed by atoms with Gasteiger partial charge in [-0.2, -0.15) is 23.6 Å². The van der Waals surface area contributed by atoms with Gasteiger partial charge in [0.25, 0.3) is 5.92 Å². The number of nitrogens with zero attached hydrogens (tertiary/aromatic N) is 1. The summed E-state index contributed by atoms with van der Waals surface area (Å²) in [6.45, 7) is 0. The van der Waals surface area contributed by atoms with Crippen molar-refractivity contribution in [2.75, 3.05) is 0 Å². The van der Waals surface area contributed by atoms with Crippen molar-refractivity contribution in [3.05, 3.63) is 35.9 Å². The van der Waals surface area contributed by atoms with E-state index < -0.39 is 34.9 Å². The predicted molar refractivity (Wildman–Crippen MR) is 45.7 cm³/mol. The van der Waals surface area contributed by atoms with Crippen molar-refractivity contribution >= 4 is 5.57 Å². The van der Waals surface area contributed by atoms with Crippen LogP contribution in [0.3, 0.4) is 0 Å². The zero-order valence-corrected chi connectivity index (χ0v) is 11.1. The smallest absolute Gasteiger partial charge is 0.351 e. The molecule has 0 N–H and O–H groups in total. The van der Waals surface area contributed by atoms with Crippen LogP contribution in [-0.2, 0) is 20.1 Å². The average molecular weight is 462 g/mol. The Morgan fingerprint density at radius 3 is 2.05 bits per heavy atom. The Bertz CT molecular complexity index is 526. The largest absolute Gasteiger partial charge is 0.360 e. The van der Waals surface area contributed by atoms with Crippen LogP contribution in [0.4, 0.5) is 30.7 Å². The minimum absolute atomic E-state index is 0. The third-order valence-electron chi connectivity index (χ3n) is 2.36. The molecule has 9 heteroatoms. The first kappa shape index (κ1) is 16.1. The zero-order chi connectivity index (χ0) is 13.8. The fourth-order valence-corrected chi connectivity index (χ4v) is 1.43. The van der Waals surface area contributed by atoms with Crippen LogP contribution in [0.5, 0.6) is 0 Å². The number of hydrogen-bond acceptors (Lipinski definition) is 1. The van der Waals surface area contributed by atoms with Crippen LogP contribution in [0, 0.1) is 11.9 Å². The van der Waals surface area contributed by atoms with Gasteiger partial charge in [-0.1, -0.05) is 11.8 Å². The number of aromatic nitrogens is 1. The molecule has 0 aliphatic heterocycles. The van der Waals surface area contributed by atoms with Gasteiger partial charge < -0.3 is 4.98 Å². The fourth-order valence-electron chi connectivity index (χ4n) is 1.43. The summed E-state index contributed by atoms with van der Waals surface area (Å²) in [5, 5.41) is 0. The Hall–Kier alpha value is -0.951. The third-order valence-corrected chi connectivity index (χ3v) is 2.36. The van der Waals surface area contributed by atoms with Crippen LogP contribution in [0.25, 0.3) is 5.57 Å². The molecule has 2 rings (SSSR count). The van der Waals surface area contributed by atoms with Crippen molar-refractivity contribution in [1.82, 2.24) is 4.98 Å². The molecule has 107 valence electrons. The van der Waals surface area contributed by atoms with E-state index >= 15 is 0 Å². The summed E-state index contributed by atoms with van der Waals surface area (Å²) >= 11 is 0. The van der Waals surface area contributed by atoms with Crippen molar-refractivity contribution in [2.24, 2.45) is 0 Å². The molecule has 1 aliphatic carbocycles. The maximum Gasteiger partial charge on any atom is 0.360 e. The first-order valence-electron chi connectivity index (χ1n) is 4.50. The Morgan fingerprint density at radius 1 is 1.05 bits per heavy atom. The van der Waals surface area contributed by atoms with Crippen molar-refractivity contribution in [3.8, 4) is 0 Å². The molecule has 0 saturated heterocycles. The van der Waals surface area contributed by atoms with Crippen molar-refractivity contribution in [3.63, 3.8) is 0 Å². The second-order valence-electron chi connectivity index (χ2n) is 3.58. The Kier molecular flexibility index (Phi) is 3.86. The minimum Gasteiger partial charge on any atom is -0.351 e. The summed E-state index contributed by atoms with van der Waals surface area (Å²) in [5.41, 5.74) is -2.81. The zero-order valence-electron chi connectivity index (χ0n) is 8.66. The molecule has 0 amide bonds. The topological polar surface area (TPSA) is 12.9 Å². The molecule has 0 unspecified atom stereocenters. The van der Waals surface area contributed by atoms with Gasteiger partial charge in [-0.05, 0) is 6.07 Å². The second kappa shape index (κ2) is 4.56. The fraction of sp³-hybridized carbons (Fsp3) is 0.300. The Labute approximate surface area is 115 Å². The second-order valence-corrected chi connectivity index (χ2v) is 3.58. The number of allylic oxidation sites excluding steroid dienone is 2. The molecule has 1 aliphatic rings. The normalized spacial score (nSPS) is 22.6. The van der Waals surface area contributed by atoms with E-state index in [0.717, 1.165) is 6.07 Å². The summed E-state index contributed by atoms with van der Waals surface area (Å²) in [7, 11) is 0. The Morgan fingerprint density at radius 2 is 1.63 bits per heavy atom. The first-order chi connectivity index (χ1) is 8.09. The van der Waals surface area contributed by atoms with E-state index in [0.29, 0.717) is 18.3 Å². The summed E-state index contributed by atoms with van der Waals surface area (Å²) in [6, 6.07) is 1.11. The SMILES string of the molecule is Fc1ccnc(C2=[C-]C(F)(F)C(F)(F)C2(F)F)c1.[Ir]. The molecule has 1 heterocycles. The van der Waals surface area contributed by atoms with E-state index in [1.807, 2.05) is 0 Å². The van der Waals surface area contributed by atoms with Gasteiger partial charge in [0.2, 0.25) is 0 Å². The monoisotopic (exact) mass is 463 g/mol. The molecule has 0 fully saturated rings. The molecule has 1 nitrogen and oxygen atoms in total. The Balaban J connectivity index is 0.00000180. The molecule has 0 atom stereocenters. The number of alkyl halides is 6. The van der Waals surface area contributed by atoms with Crippen LogP contribution in [0.1, 0.15) is 5.69 Å². The molecular weight excluding hydrogens is 459 g/mol. The standard InChI is InChI=1S/C10H3F7N.Ir/c11-5-1-2-18-7(3-5)6-4-8(12,13)10(16,17)9(6,14)15;/h1-3H;/q-1;. The third kappa shape index (κ3) is 2.18. The molecule has 0 spiro atoms. The number of halogens is 7. The minimum atomic E-state index is -5.62. The van der Waals surface area contributed by atoms with E-state index in [4.69, 9.17) is 0 Å². The molecule has 1 aromatic heterocycles. The molecular formula is C10H3F7IrN-. The van der Waals surface area contributed by atoms with Crippen LogP contribution >= 0.6 is 0 Å². The number of hydrogen-bond donors (Lipinski definition) is 0. The average Bonchev–Trinajstić information content (AvgIpc) is 2.36. The van der Waals surface area contributed by atoms with Gasteiger partial charge in [0.1, 0.15) is 5.82 Å². The van der Waals surface area contributed by atoms with Crippen molar-refractivity contribution in [1.29, 1.82) is 0 Å². The van der Waals surface area contributed by atoms with Crippen LogP contribution < -0.4 is 0 Å². The van der Waals surface area contributed by atoms with E-state index in [1.165, 1.54) is 0 Å². The maximum atomic E-state index is 13.2. The van der Waals surface area contributed by atoms with Crippen LogP contribution in [0.15, 0.2) is 18.3 Å². The molecule has 0 bridgehead atoms. The van der Waals surface area contributed by atoms with E-state index in [9.17, 15) is 30.7 Å². The van der Waals surface area contributed by atoms with Gasteiger partial charge in [-0.3, -0.25) is 0 Å². The number of pyridine rings is 1. The number of rotatable bonds is 1. The molecule has 0 aromatic carbocycles. The first-order valence-corrected chi connectivity index (χ1v) is 4.50. The van der Waals surface area contributed by atoms with Gasteiger partial charge in [0, 0.05) is 26.3 Å². The molecule has 19 heavy (non-hydrogen) atoms. The summed E-state index contributed by atoms with van der Waals surface area (Å²) in [4.78, 5) is 3.16. The van der Waals surface area contributed by atoms with Gasteiger partial charge in [-0.15, -0.1) is 5.57 Å². The van der Waals surface area contributed by atoms with Crippen LogP contribution in [-0.4, -0.2) is 22.8 Å². The summed E-state index contributed by atoms with van der Waals surface area (Å²) in [5.74, 6) is -17.0. The van der Waals surface area contributed by atoms with E-state index in [1.54, 1.807) is 0 Å². The van der Waals surface area contributed by atoms with Gasteiger partial charge in [0.05, 0.1) is 0 Å². The van der Waals surface area contributed by atoms with Crippen molar-refractivity contribution in [2.45, 2.75) is 17.8 Å². The summed E-state index contributed by atoms with van der Waals surface area (Å²) < 4.78 is 90.4. The molecule has 1 radical (unpaired) electrons. The molecule has 1 aromatic rings. The maximum absolute atomic E-state index is 13.2. The van der Waals surface area contributed by atoms with E-state index in [2.05, 4.69) is 4.98 Å². The van der Waals surface area contributed by atoms with E-state index in [-0.39, 0.29) is 20.1 Å². The van der Waals surface area contributed by atoms with Gasteiger partial charge in [-0.25, -0.2) is 13.2 Å². The van der Waals surface area contributed by atoms with Crippen molar-refractivity contribution < 1.29 is 50.8 Å². The quantitative estimate of drug-likeness (QED) is 0.461. The summed E-state index contributed by atoms with van der Waals surface area (Å²) in [6.07, 6.45) is 1.41. The molecule has 0 saturated carbocycles. The van der Waals surface area contributed by atoms with Gasteiger partial charge >= 0.3 is 11.8 Å². The predicted octanol–water partition coefficient (Wildman–Crippen LogP) is 3.32. The van der Waals surface area contributed by atoms with Crippen LogP contribution in [0.2, 0.25) is 0 Å². The van der Waals surface area contributed by atoms with Gasteiger partial charge in [0.15, 0.2) is 0 Å².